The van der Waals surface area contributed by atoms with E-state index >= 15 is 0 Å². The zero-order chi connectivity index (χ0) is 7.11. The van der Waals surface area contributed by atoms with Gasteiger partial charge in [0.15, 0.2) is 0 Å². The van der Waals surface area contributed by atoms with Gasteiger partial charge in [0, 0.05) is 0 Å². The molecule has 0 amide bonds. The molecule has 0 saturated heterocycles. The lowest BCUT2D eigenvalue weighted by molar-refractivity contribution is 0.325. The summed E-state index contributed by atoms with van der Waals surface area (Å²) in [6.45, 7) is 4.36. The van der Waals surface area contributed by atoms with Crippen molar-refractivity contribution < 1.29 is 5.11 Å². The lowest BCUT2D eigenvalue weighted by Gasteiger charge is -1.99. The fourth-order valence-electron chi connectivity index (χ4n) is 0.719. The minimum atomic E-state index is 0.233. The van der Waals surface area contributed by atoms with Gasteiger partial charge >= 0.3 is 0 Å². The molecule has 0 atom stereocenters. The van der Waals surface area contributed by atoms with E-state index in [1.165, 1.54) is 12.8 Å². The Bertz CT molecular complexity index is 84.6. The summed E-state index contributed by atoms with van der Waals surface area (Å²) in [4.78, 5) is 0. The summed E-state index contributed by atoms with van der Waals surface area (Å²) in [5, 5.41) is 8.68. The molecule has 9 heavy (non-hydrogen) atoms. The van der Waals surface area contributed by atoms with Gasteiger partial charge in [-0.15, -0.1) is 0 Å². The zero-order valence-electron chi connectivity index (χ0n) is 6.35. The largest absolute Gasteiger partial charge is 0.392 e. The van der Waals surface area contributed by atoms with Crippen LogP contribution in [0.4, 0.5) is 0 Å². The van der Waals surface area contributed by atoms with Crippen LogP contribution < -0.4 is 0 Å². The fourth-order valence-corrected chi connectivity index (χ4v) is 0.719. The van der Waals surface area contributed by atoms with Crippen LogP contribution in [0.25, 0.3) is 0 Å². The molecular formula is C8H16O. The van der Waals surface area contributed by atoms with Crippen LogP contribution >= 0.6 is 0 Å². The highest BCUT2D eigenvalue weighted by molar-refractivity contribution is 4.99. The first kappa shape index (κ1) is 8.70. The highest BCUT2D eigenvalue weighted by atomic mass is 16.3. The third kappa shape index (κ3) is 4.22. The van der Waals surface area contributed by atoms with Gasteiger partial charge in [-0.05, 0) is 25.3 Å². The van der Waals surface area contributed by atoms with Crippen molar-refractivity contribution in [2.45, 2.75) is 33.1 Å². The van der Waals surface area contributed by atoms with Crippen molar-refractivity contribution in [2.24, 2.45) is 0 Å². The number of unbranched alkanes of at least 4 members (excludes halogenated alkanes) is 1. The van der Waals surface area contributed by atoms with Crippen LogP contribution in [0.5, 0.6) is 0 Å². The Hall–Kier alpha value is -0.300. The average molecular weight is 128 g/mol. The van der Waals surface area contributed by atoms with Crippen molar-refractivity contribution in [2.75, 3.05) is 6.61 Å². The number of hydrogen-bond donors (Lipinski definition) is 1. The van der Waals surface area contributed by atoms with Gasteiger partial charge in [-0.1, -0.05) is 19.4 Å². The van der Waals surface area contributed by atoms with E-state index < -0.39 is 0 Å². The Kier molecular flexibility index (Phi) is 5.64. The summed E-state index contributed by atoms with van der Waals surface area (Å²) in [6, 6.07) is 0. The predicted molar refractivity (Wildman–Crippen MR) is 40.4 cm³/mol. The summed E-state index contributed by atoms with van der Waals surface area (Å²) in [5.74, 6) is 0. The van der Waals surface area contributed by atoms with E-state index in [0.717, 1.165) is 12.0 Å². The second-order valence-electron chi connectivity index (χ2n) is 2.21. The maximum atomic E-state index is 8.68. The molecule has 54 valence electrons. The molecule has 1 heteroatoms. The molecule has 0 rings (SSSR count). The molecule has 0 aromatic carbocycles. The molecule has 0 saturated carbocycles. The Morgan fingerprint density at radius 1 is 1.56 bits per heavy atom. The van der Waals surface area contributed by atoms with E-state index in [1.54, 1.807) is 0 Å². The molecule has 0 aromatic heterocycles. The molecule has 0 fully saturated rings. The van der Waals surface area contributed by atoms with Crippen molar-refractivity contribution in [3.05, 3.63) is 11.6 Å². The molecule has 0 aliphatic rings. The first-order chi connectivity index (χ1) is 4.35. The third-order valence-electron chi connectivity index (χ3n) is 1.46. The van der Waals surface area contributed by atoms with Gasteiger partial charge in [-0.3, -0.25) is 0 Å². The summed E-state index contributed by atoms with van der Waals surface area (Å²) in [6.07, 6.45) is 5.46. The van der Waals surface area contributed by atoms with Gasteiger partial charge < -0.3 is 5.11 Å². The highest BCUT2D eigenvalue weighted by Gasteiger charge is 1.90. The van der Waals surface area contributed by atoms with Gasteiger partial charge in [0.2, 0.25) is 0 Å². The van der Waals surface area contributed by atoms with Crippen molar-refractivity contribution in [3.63, 3.8) is 0 Å². The van der Waals surface area contributed by atoms with E-state index in [9.17, 15) is 0 Å². The fraction of sp³-hybridized carbons (Fsp3) is 0.750. The Balaban J connectivity index is 3.33. The normalized spacial score (nSPS) is 12.1. The molecule has 0 unspecified atom stereocenters. The van der Waals surface area contributed by atoms with E-state index in [0.29, 0.717) is 0 Å². The topological polar surface area (TPSA) is 20.2 Å². The summed E-state index contributed by atoms with van der Waals surface area (Å²) in [7, 11) is 0. The molecule has 0 heterocycles. The van der Waals surface area contributed by atoms with Gasteiger partial charge in [0.1, 0.15) is 0 Å². The monoisotopic (exact) mass is 128 g/mol. The quantitative estimate of drug-likeness (QED) is 0.575. The molecule has 1 nitrogen and oxygen atoms in total. The van der Waals surface area contributed by atoms with Gasteiger partial charge in [0.25, 0.3) is 0 Å². The van der Waals surface area contributed by atoms with Crippen molar-refractivity contribution >= 4 is 0 Å². The van der Waals surface area contributed by atoms with Crippen molar-refractivity contribution in [3.8, 4) is 0 Å². The highest BCUT2D eigenvalue weighted by Crippen LogP contribution is 2.04. The van der Waals surface area contributed by atoms with Gasteiger partial charge in [0.05, 0.1) is 6.61 Å². The van der Waals surface area contributed by atoms with Crippen LogP contribution in [-0.4, -0.2) is 11.7 Å². The lowest BCUT2D eigenvalue weighted by Crippen LogP contribution is -1.88. The van der Waals surface area contributed by atoms with Gasteiger partial charge in [-0.2, -0.15) is 0 Å². The predicted octanol–water partition coefficient (Wildman–Crippen LogP) is 2.12. The number of aliphatic hydroxyl groups excluding tert-OH is 1. The van der Waals surface area contributed by atoms with Crippen LogP contribution in [0, 0.1) is 0 Å². The molecule has 0 aliphatic heterocycles. The third-order valence-corrected chi connectivity index (χ3v) is 1.46. The van der Waals surface area contributed by atoms with Crippen molar-refractivity contribution in [1.82, 2.24) is 0 Å². The van der Waals surface area contributed by atoms with E-state index in [4.69, 9.17) is 5.11 Å². The molecule has 1 N–H and O–H groups in total. The molecule has 0 bridgehead atoms. The first-order valence-electron chi connectivity index (χ1n) is 3.60. The van der Waals surface area contributed by atoms with Crippen LogP contribution in [-0.2, 0) is 0 Å². The summed E-state index contributed by atoms with van der Waals surface area (Å²) < 4.78 is 0. The number of aliphatic hydroxyl groups is 1. The molecular weight excluding hydrogens is 112 g/mol. The average Bonchev–Trinajstić information content (AvgIpc) is 1.91. The number of allylic oxidation sites excluding steroid dienone is 1. The SMILES string of the molecule is CC=C(CO)CCCC. The van der Waals surface area contributed by atoms with Crippen LogP contribution in [0.15, 0.2) is 11.6 Å². The van der Waals surface area contributed by atoms with Gasteiger partial charge in [-0.25, -0.2) is 0 Å². The van der Waals surface area contributed by atoms with E-state index in [1.807, 2.05) is 13.0 Å². The van der Waals surface area contributed by atoms with E-state index in [-0.39, 0.29) is 6.61 Å². The summed E-state index contributed by atoms with van der Waals surface area (Å²) >= 11 is 0. The van der Waals surface area contributed by atoms with Crippen LogP contribution in [0.1, 0.15) is 33.1 Å². The Morgan fingerprint density at radius 3 is 2.56 bits per heavy atom. The lowest BCUT2D eigenvalue weighted by atomic mass is 10.1. The van der Waals surface area contributed by atoms with E-state index in [2.05, 4.69) is 6.92 Å². The number of rotatable bonds is 4. The molecule has 0 aliphatic carbocycles. The standard InChI is InChI=1S/C8H16O/c1-3-5-6-8(4-2)7-9/h4,9H,3,5-7H2,1-2H3. The maximum absolute atomic E-state index is 8.68. The number of hydrogen-bond acceptors (Lipinski definition) is 1. The summed E-state index contributed by atoms with van der Waals surface area (Å²) in [5.41, 5.74) is 1.16. The molecule has 0 radical (unpaired) electrons. The van der Waals surface area contributed by atoms with Crippen LogP contribution in [0.2, 0.25) is 0 Å². The molecule has 0 spiro atoms. The minimum Gasteiger partial charge on any atom is -0.392 e. The zero-order valence-corrected chi connectivity index (χ0v) is 6.35. The van der Waals surface area contributed by atoms with Crippen molar-refractivity contribution in [1.29, 1.82) is 0 Å². The smallest absolute Gasteiger partial charge is 0.0641 e. The minimum absolute atomic E-state index is 0.233. The Labute approximate surface area is 57.4 Å². The maximum Gasteiger partial charge on any atom is 0.0641 e. The second kappa shape index (κ2) is 5.83. The van der Waals surface area contributed by atoms with Crippen LogP contribution in [0.3, 0.4) is 0 Å². The Morgan fingerprint density at radius 2 is 2.22 bits per heavy atom. The second-order valence-corrected chi connectivity index (χ2v) is 2.21. The first-order valence-corrected chi connectivity index (χ1v) is 3.60. The molecule has 0 aromatic rings.